The maximum absolute atomic E-state index is 15.5. The van der Waals surface area contributed by atoms with Crippen LogP contribution in [0.5, 0.6) is 0 Å². The molecule has 1 nitrogen and oxygen atoms in total. The number of benzene rings is 2. The van der Waals surface area contributed by atoms with Crippen molar-refractivity contribution in [1.82, 2.24) is 0 Å². The Labute approximate surface area is 115 Å². The van der Waals surface area contributed by atoms with E-state index in [-0.39, 0.29) is 6.54 Å². The Bertz CT molecular complexity index is 692. The standard InChI is InChI=1S/C16H14FNS/c17-16(11-18,13-6-2-1-3-7-13)14-8-4-5-12-9-10-19-15(12)14/h1-10H,11,18H2. The molecule has 3 rings (SSSR count). The van der Waals surface area contributed by atoms with E-state index in [2.05, 4.69) is 0 Å². The Hall–Kier alpha value is -1.71. The Balaban J connectivity index is 2.25. The van der Waals surface area contributed by atoms with E-state index in [1.165, 1.54) is 0 Å². The van der Waals surface area contributed by atoms with E-state index in [1.807, 2.05) is 47.8 Å². The maximum Gasteiger partial charge on any atom is 0.174 e. The average Bonchev–Trinajstić information content (AvgIpc) is 2.95. The molecule has 0 saturated carbocycles. The van der Waals surface area contributed by atoms with Crippen molar-refractivity contribution in [2.45, 2.75) is 5.67 Å². The van der Waals surface area contributed by atoms with Crippen LogP contribution in [-0.2, 0) is 5.67 Å². The molecule has 0 aliphatic rings. The van der Waals surface area contributed by atoms with Crippen molar-refractivity contribution in [3.63, 3.8) is 0 Å². The first-order valence-corrected chi connectivity index (χ1v) is 7.05. The monoisotopic (exact) mass is 271 g/mol. The van der Waals surface area contributed by atoms with E-state index in [0.717, 1.165) is 10.1 Å². The minimum atomic E-state index is -1.63. The average molecular weight is 271 g/mol. The highest BCUT2D eigenvalue weighted by Crippen LogP contribution is 2.39. The zero-order valence-electron chi connectivity index (χ0n) is 10.3. The van der Waals surface area contributed by atoms with Gasteiger partial charge in [-0.2, -0.15) is 0 Å². The molecule has 0 spiro atoms. The van der Waals surface area contributed by atoms with Gasteiger partial charge in [-0.3, -0.25) is 0 Å². The topological polar surface area (TPSA) is 26.0 Å². The van der Waals surface area contributed by atoms with Crippen LogP contribution in [0.15, 0.2) is 60.0 Å². The molecule has 0 amide bonds. The van der Waals surface area contributed by atoms with Crippen LogP contribution < -0.4 is 5.73 Å². The molecule has 0 aliphatic carbocycles. The smallest absolute Gasteiger partial charge is 0.174 e. The molecule has 3 heteroatoms. The lowest BCUT2D eigenvalue weighted by molar-refractivity contribution is 0.235. The molecule has 3 aromatic rings. The van der Waals surface area contributed by atoms with Gasteiger partial charge in [-0.15, -0.1) is 11.3 Å². The molecule has 1 aromatic heterocycles. The number of halogens is 1. The summed E-state index contributed by atoms with van der Waals surface area (Å²) in [4.78, 5) is 0. The van der Waals surface area contributed by atoms with Crippen molar-refractivity contribution in [3.05, 3.63) is 71.1 Å². The van der Waals surface area contributed by atoms with Gasteiger partial charge in [-0.05, 0) is 22.4 Å². The quantitative estimate of drug-likeness (QED) is 0.763. The summed E-state index contributed by atoms with van der Waals surface area (Å²) in [5, 5.41) is 3.05. The van der Waals surface area contributed by atoms with Gasteiger partial charge in [-0.1, -0.05) is 48.5 Å². The van der Waals surface area contributed by atoms with Gasteiger partial charge in [0.1, 0.15) is 0 Å². The third-order valence-electron chi connectivity index (χ3n) is 3.42. The van der Waals surface area contributed by atoms with Crippen LogP contribution in [-0.4, -0.2) is 6.54 Å². The van der Waals surface area contributed by atoms with Crippen molar-refractivity contribution in [2.24, 2.45) is 5.73 Å². The summed E-state index contributed by atoms with van der Waals surface area (Å²) in [7, 11) is 0. The van der Waals surface area contributed by atoms with E-state index >= 15 is 4.39 Å². The molecule has 0 bridgehead atoms. The molecular weight excluding hydrogens is 257 g/mol. The number of hydrogen-bond donors (Lipinski definition) is 1. The van der Waals surface area contributed by atoms with Crippen LogP contribution >= 0.6 is 11.3 Å². The normalized spacial score (nSPS) is 14.4. The molecular formula is C16H14FNS. The fourth-order valence-corrected chi connectivity index (χ4v) is 3.37. The first-order valence-electron chi connectivity index (χ1n) is 6.17. The minimum Gasteiger partial charge on any atom is -0.327 e. The molecule has 1 unspecified atom stereocenters. The van der Waals surface area contributed by atoms with Gasteiger partial charge in [0.05, 0.1) is 0 Å². The molecule has 2 N–H and O–H groups in total. The second-order valence-electron chi connectivity index (χ2n) is 4.52. The summed E-state index contributed by atoms with van der Waals surface area (Å²) in [6.07, 6.45) is 0. The third kappa shape index (κ3) is 1.95. The summed E-state index contributed by atoms with van der Waals surface area (Å²) >= 11 is 1.56. The summed E-state index contributed by atoms with van der Waals surface area (Å²) in [5.41, 5.74) is 5.40. The van der Waals surface area contributed by atoms with Gasteiger partial charge >= 0.3 is 0 Å². The van der Waals surface area contributed by atoms with E-state index in [4.69, 9.17) is 5.73 Å². The van der Waals surface area contributed by atoms with Crippen LogP contribution in [0.2, 0.25) is 0 Å². The van der Waals surface area contributed by atoms with E-state index in [9.17, 15) is 0 Å². The number of hydrogen-bond acceptors (Lipinski definition) is 2. The van der Waals surface area contributed by atoms with Gasteiger partial charge in [-0.25, -0.2) is 4.39 Å². The fraction of sp³-hybridized carbons (Fsp3) is 0.125. The second-order valence-corrected chi connectivity index (χ2v) is 5.43. The Morgan fingerprint density at radius 2 is 1.79 bits per heavy atom. The largest absolute Gasteiger partial charge is 0.327 e. The molecule has 1 atom stereocenters. The number of thiophene rings is 1. The molecule has 96 valence electrons. The lowest BCUT2D eigenvalue weighted by atomic mass is 9.87. The third-order valence-corrected chi connectivity index (χ3v) is 4.38. The van der Waals surface area contributed by atoms with Gasteiger partial charge in [0.15, 0.2) is 5.67 Å². The van der Waals surface area contributed by atoms with Crippen LogP contribution in [0.3, 0.4) is 0 Å². The predicted molar refractivity (Wildman–Crippen MR) is 79.2 cm³/mol. The first kappa shape index (κ1) is 12.3. The zero-order chi connectivity index (χ0) is 13.3. The SMILES string of the molecule is NCC(F)(c1ccccc1)c1cccc2ccsc12. The van der Waals surface area contributed by atoms with Crippen LogP contribution in [0.25, 0.3) is 10.1 Å². The van der Waals surface area contributed by atoms with E-state index < -0.39 is 5.67 Å². The Morgan fingerprint density at radius 3 is 2.53 bits per heavy atom. The van der Waals surface area contributed by atoms with Gasteiger partial charge in [0, 0.05) is 16.8 Å². The van der Waals surface area contributed by atoms with Crippen molar-refractivity contribution < 1.29 is 4.39 Å². The molecule has 1 heterocycles. The number of fused-ring (bicyclic) bond motifs is 1. The van der Waals surface area contributed by atoms with Crippen molar-refractivity contribution >= 4 is 21.4 Å². The summed E-state index contributed by atoms with van der Waals surface area (Å²) in [6, 6.07) is 16.9. The van der Waals surface area contributed by atoms with Crippen LogP contribution in [0.1, 0.15) is 11.1 Å². The number of alkyl halides is 1. The van der Waals surface area contributed by atoms with Gasteiger partial charge in [0.25, 0.3) is 0 Å². The van der Waals surface area contributed by atoms with Gasteiger partial charge < -0.3 is 5.73 Å². The van der Waals surface area contributed by atoms with Crippen molar-refractivity contribution in [1.29, 1.82) is 0 Å². The molecule has 0 aliphatic heterocycles. The summed E-state index contributed by atoms with van der Waals surface area (Å²) in [6.45, 7) is -0.0615. The summed E-state index contributed by atoms with van der Waals surface area (Å²) in [5.74, 6) is 0. The predicted octanol–water partition coefficient (Wildman–Crippen LogP) is 4.07. The maximum atomic E-state index is 15.5. The van der Waals surface area contributed by atoms with Gasteiger partial charge in [0.2, 0.25) is 0 Å². The van der Waals surface area contributed by atoms with Crippen molar-refractivity contribution in [3.8, 4) is 0 Å². The molecule has 0 fully saturated rings. The number of rotatable bonds is 3. The highest BCUT2D eigenvalue weighted by atomic mass is 32.1. The number of nitrogens with two attached hydrogens (primary N) is 1. The lowest BCUT2D eigenvalue weighted by Gasteiger charge is -2.25. The zero-order valence-corrected chi connectivity index (χ0v) is 11.2. The Kier molecular flexibility index (Phi) is 3.09. The first-order chi connectivity index (χ1) is 9.25. The highest BCUT2D eigenvalue weighted by Gasteiger charge is 2.34. The summed E-state index contributed by atoms with van der Waals surface area (Å²) < 4.78 is 16.4. The fourth-order valence-electron chi connectivity index (χ4n) is 2.39. The lowest BCUT2D eigenvalue weighted by Crippen LogP contribution is -2.31. The molecule has 0 saturated heterocycles. The molecule has 0 radical (unpaired) electrons. The molecule has 19 heavy (non-hydrogen) atoms. The highest BCUT2D eigenvalue weighted by molar-refractivity contribution is 7.17. The van der Waals surface area contributed by atoms with Crippen LogP contribution in [0, 0.1) is 0 Å². The Morgan fingerprint density at radius 1 is 1.00 bits per heavy atom. The van der Waals surface area contributed by atoms with Crippen LogP contribution in [0.4, 0.5) is 4.39 Å². The second kappa shape index (κ2) is 4.76. The van der Waals surface area contributed by atoms with Crippen molar-refractivity contribution in [2.75, 3.05) is 6.54 Å². The molecule has 2 aromatic carbocycles. The van der Waals surface area contributed by atoms with E-state index in [1.54, 1.807) is 23.5 Å². The van der Waals surface area contributed by atoms with E-state index in [0.29, 0.717) is 11.1 Å². The minimum absolute atomic E-state index is 0.0615.